The first-order valence-corrected chi connectivity index (χ1v) is 8.92. The number of hydrogen-bond donors (Lipinski definition) is 2. The Morgan fingerprint density at radius 3 is 2.60 bits per heavy atom. The van der Waals surface area contributed by atoms with Gasteiger partial charge in [-0.05, 0) is 57.1 Å². The number of benzene rings is 1. The van der Waals surface area contributed by atoms with Gasteiger partial charge < -0.3 is 16.0 Å². The van der Waals surface area contributed by atoms with Crippen molar-refractivity contribution in [2.75, 3.05) is 43.5 Å². The lowest BCUT2D eigenvalue weighted by Crippen LogP contribution is -2.22. The SMILES string of the molecule is CS(=O)(=O)c1ccc(NCCCN2CCCC2)c(N)c1. The van der Waals surface area contributed by atoms with Crippen molar-refractivity contribution in [3.8, 4) is 0 Å². The van der Waals surface area contributed by atoms with Gasteiger partial charge in [0.15, 0.2) is 9.84 Å². The first-order chi connectivity index (χ1) is 9.47. The molecule has 0 amide bonds. The largest absolute Gasteiger partial charge is 0.397 e. The molecule has 0 bridgehead atoms. The third-order valence-electron chi connectivity index (χ3n) is 3.62. The number of nitrogens with one attached hydrogen (secondary N) is 1. The van der Waals surface area contributed by atoms with Gasteiger partial charge in [-0.25, -0.2) is 8.42 Å². The van der Waals surface area contributed by atoms with Crippen molar-refractivity contribution in [1.82, 2.24) is 4.90 Å². The van der Waals surface area contributed by atoms with Gasteiger partial charge in [-0.3, -0.25) is 0 Å². The zero-order valence-corrected chi connectivity index (χ0v) is 12.7. The molecule has 1 fully saturated rings. The monoisotopic (exact) mass is 297 g/mol. The van der Waals surface area contributed by atoms with Crippen LogP contribution in [0.4, 0.5) is 11.4 Å². The van der Waals surface area contributed by atoms with Crippen LogP contribution in [0.25, 0.3) is 0 Å². The molecule has 1 aromatic rings. The number of sulfone groups is 1. The molecule has 1 aliphatic rings. The Balaban J connectivity index is 1.83. The van der Waals surface area contributed by atoms with Gasteiger partial charge in [0.2, 0.25) is 0 Å². The summed E-state index contributed by atoms with van der Waals surface area (Å²) >= 11 is 0. The molecule has 2 rings (SSSR count). The molecular formula is C14H23N3O2S. The third kappa shape index (κ3) is 4.11. The molecule has 3 N–H and O–H groups in total. The van der Waals surface area contributed by atoms with Crippen LogP contribution in [0.2, 0.25) is 0 Å². The van der Waals surface area contributed by atoms with Crippen molar-refractivity contribution < 1.29 is 8.42 Å². The van der Waals surface area contributed by atoms with E-state index in [0.29, 0.717) is 5.69 Å². The normalized spacial score (nSPS) is 16.4. The van der Waals surface area contributed by atoms with Crippen LogP contribution in [0.3, 0.4) is 0 Å². The van der Waals surface area contributed by atoms with E-state index in [-0.39, 0.29) is 4.90 Å². The van der Waals surface area contributed by atoms with Gasteiger partial charge in [0.05, 0.1) is 16.3 Å². The Hall–Kier alpha value is -1.27. The van der Waals surface area contributed by atoms with Crippen molar-refractivity contribution in [2.24, 2.45) is 0 Å². The summed E-state index contributed by atoms with van der Waals surface area (Å²) < 4.78 is 22.8. The fraction of sp³-hybridized carbons (Fsp3) is 0.571. The summed E-state index contributed by atoms with van der Waals surface area (Å²) in [5, 5.41) is 3.27. The molecule has 112 valence electrons. The predicted octanol–water partition coefficient (Wildman–Crippen LogP) is 1.57. The minimum absolute atomic E-state index is 0.262. The van der Waals surface area contributed by atoms with Crippen LogP contribution >= 0.6 is 0 Å². The quantitative estimate of drug-likeness (QED) is 0.616. The average Bonchev–Trinajstić information content (AvgIpc) is 2.88. The molecule has 1 aliphatic heterocycles. The molecular weight excluding hydrogens is 274 g/mol. The zero-order chi connectivity index (χ0) is 14.6. The van der Waals surface area contributed by atoms with E-state index in [4.69, 9.17) is 5.73 Å². The topological polar surface area (TPSA) is 75.4 Å². The summed E-state index contributed by atoms with van der Waals surface area (Å²) in [6.07, 6.45) is 4.87. The van der Waals surface area contributed by atoms with Crippen molar-refractivity contribution in [3.05, 3.63) is 18.2 Å². The van der Waals surface area contributed by atoms with Gasteiger partial charge in [0.25, 0.3) is 0 Å². The highest BCUT2D eigenvalue weighted by atomic mass is 32.2. The van der Waals surface area contributed by atoms with Crippen molar-refractivity contribution in [2.45, 2.75) is 24.2 Å². The van der Waals surface area contributed by atoms with Crippen LogP contribution in [-0.2, 0) is 9.84 Å². The Labute approximate surface area is 121 Å². The van der Waals surface area contributed by atoms with E-state index in [1.165, 1.54) is 38.3 Å². The molecule has 0 unspecified atom stereocenters. The summed E-state index contributed by atoms with van der Waals surface area (Å²) in [7, 11) is -3.19. The lowest BCUT2D eigenvalue weighted by atomic mass is 10.2. The number of nitrogens with zero attached hydrogens (tertiary/aromatic N) is 1. The Bertz CT molecular complexity index is 552. The summed E-state index contributed by atoms with van der Waals surface area (Å²) in [6, 6.07) is 4.84. The van der Waals surface area contributed by atoms with E-state index in [9.17, 15) is 8.42 Å². The van der Waals surface area contributed by atoms with Gasteiger partial charge in [-0.2, -0.15) is 0 Å². The molecule has 0 saturated carbocycles. The Morgan fingerprint density at radius 1 is 1.30 bits per heavy atom. The van der Waals surface area contributed by atoms with Crippen LogP contribution < -0.4 is 11.1 Å². The predicted molar refractivity (Wildman–Crippen MR) is 82.7 cm³/mol. The van der Waals surface area contributed by atoms with Gasteiger partial charge >= 0.3 is 0 Å². The van der Waals surface area contributed by atoms with E-state index >= 15 is 0 Å². The van der Waals surface area contributed by atoms with E-state index in [1.807, 2.05) is 0 Å². The minimum atomic E-state index is -3.19. The Kier molecular flexibility index (Phi) is 4.88. The average molecular weight is 297 g/mol. The maximum absolute atomic E-state index is 11.4. The molecule has 1 heterocycles. The summed E-state index contributed by atoms with van der Waals surface area (Å²) in [5.41, 5.74) is 7.17. The standard InChI is InChI=1S/C14H23N3O2S/c1-20(18,19)12-5-6-14(13(15)11-12)16-7-4-10-17-8-2-3-9-17/h5-6,11,16H,2-4,7-10,15H2,1H3. The van der Waals surface area contributed by atoms with E-state index in [1.54, 1.807) is 12.1 Å². The van der Waals surface area contributed by atoms with Crippen LogP contribution in [-0.4, -0.2) is 45.8 Å². The van der Waals surface area contributed by atoms with Crippen LogP contribution in [0.5, 0.6) is 0 Å². The minimum Gasteiger partial charge on any atom is -0.397 e. The molecule has 20 heavy (non-hydrogen) atoms. The lowest BCUT2D eigenvalue weighted by Gasteiger charge is -2.15. The van der Waals surface area contributed by atoms with Crippen LogP contribution in [0, 0.1) is 0 Å². The summed E-state index contributed by atoms with van der Waals surface area (Å²) in [4.78, 5) is 2.73. The van der Waals surface area contributed by atoms with Crippen molar-refractivity contribution in [3.63, 3.8) is 0 Å². The lowest BCUT2D eigenvalue weighted by molar-refractivity contribution is 0.337. The van der Waals surface area contributed by atoms with Gasteiger partial charge in [-0.1, -0.05) is 0 Å². The highest BCUT2D eigenvalue weighted by Gasteiger charge is 2.11. The summed E-state index contributed by atoms with van der Waals surface area (Å²) in [6.45, 7) is 4.38. The van der Waals surface area contributed by atoms with Gasteiger partial charge in [0, 0.05) is 12.8 Å². The molecule has 0 aromatic heterocycles. The van der Waals surface area contributed by atoms with Crippen molar-refractivity contribution >= 4 is 21.2 Å². The van der Waals surface area contributed by atoms with Crippen LogP contribution in [0.15, 0.2) is 23.1 Å². The molecule has 0 atom stereocenters. The number of nitrogen functional groups attached to an aromatic ring is 1. The highest BCUT2D eigenvalue weighted by Crippen LogP contribution is 2.22. The number of likely N-dealkylation sites (tertiary alicyclic amines) is 1. The zero-order valence-electron chi connectivity index (χ0n) is 11.9. The fourth-order valence-corrected chi connectivity index (χ4v) is 3.12. The molecule has 6 heteroatoms. The second-order valence-corrected chi connectivity index (χ2v) is 7.37. The molecule has 0 spiro atoms. The molecule has 1 saturated heterocycles. The number of nitrogens with two attached hydrogens (primary N) is 1. The second kappa shape index (κ2) is 6.45. The summed E-state index contributed by atoms with van der Waals surface area (Å²) in [5.74, 6) is 0. The van der Waals surface area contributed by atoms with Crippen LogP contribution in [0.1, 0.15) is 19.3 Å². The molecule has 1 aromatic carbocycles. The second-order valence-electron chi connectivity index (χ2n) is 5.35. The van der Waals surface area contributed by atoms with E-state index in [2.05, 4.69) is 10.2 Å². The Morgan fingerprint density at radius 2 is 2.00 bits per heavy atom. The molecule has 0 radical (unpaired) electrons. The first kappa shape index (κ1) is 15.1. The van der Waals surface area contributed by atoms with Crippen molar-refractivity contribution in [1.29, 1.82) is 0 Å². The molecule has 0 aliphatic carbocycles. The van der Waals surface area contributed by atoms with E-state index in [0.717, 1.165) is 25.2 Å². The number of rotatable bonds is 6. The number of anilines is 2. The number of hydrogen-bond acceptors (Lipinski definition) is 5. The third-order valence-corrected chi connectivity index (χ3v) is 4.73. The maximum atomic E-state index is 11.4. The molecule has 5 nitrogen and oxygen atoms in total. The van der Waals surface area contributed by atoms with E-state index < -0.39 is 9.84 Å². The smallest absolute Gasteiger partial charge is 0.175 e. The first-order valence-electron chi connectivity index (χ1n) is 7.02. The maximum Gasteiger partial charge on any atom is 0.175 e. The highest BCUT2D eigenvalue weighted by molar-refractivity contribution is 7.90. The van der Waals surface area contributed by atoms with Gasteiger partial charge in [-0.15, -0.1) is 0 Å². The van der Waals surface area contributed by atoms with Gasteiger partial charge in [0.1, 0.15) is 0 Å². The fourth-order valence-electron chi connectivity index (χ4n) is 2.46.